The highest BCUT2D eigenvalue weighted by atomic mass is 35.5. The van der Waals surface area contributed by atoms with E-state index in [1.165, 1.54) is 19.2 Å². The summed E-state index contributed by atoms with van der Waals surface area (Å²) in [5.41, 5.74) is 0.132. The van der Waals surface area contributed by atoms with Crippen LogP contribution in [-0.4, -0.2) is 31.4 Å². The van der Waals surface area contributed by atoms with Crippen LogP contribution in [0.4, 0.5) is 10.7 Å². The van der Waals surface area contributed by atoms with E-state index in [2.05, 4.69) is 10.3 Å². The number of carbonyl (C=O) groups is 1. The Kier molecular flexibility index (Phi) is 6.29. The molecule has 0 bridgehead atoms. The third-order valence-electron chi connectivity index (χ3n) is 2.69. The van der Waals surface area contributed by atoms with E-state index in [0.29, 0.717) is 5.02 Å². The summed E-state index contributed by atoms with van der Waals surface area (Å²) in [6.07, 6.45) is -0.818. The van der Waals surface area contributed by atoms with Gasteiger partial charge in [-0.1, -0.05) is 34.8 Å². The number of aromatic nitrogens is 1. The van der Waals surface area contributed by atoms with Crippen LogP contribution in [0.25, 0.3) is 11.5 Å². The molecule has 1 N–H and O–H groups in total. The number of oxazole rings is 1. The summed E-state index contributed by atoms with van der Waals surface area (Å²) >= 11 is 18.0. The minimum absolute atomic E-state index is 0.0202. The summed E-state index contributed by atoms with van der Waals surface area (Å²) in [5.74, 6) is -0.199. The first-order chi connectivity index (χ1) is 11.5. The molecule has 0 saturated heterocycles. The number of anilines is 1. The standard InChI is InChI=1S/C14H10Cl3N3O4/c1-22-2-3-23-14(21)20-13-10(6-18)19-12(24-13)8-4-7(15)5-9(16)11(8)17/h4-5H,2-3H2,1H3,(H,20,21). The van der Waals surface area contributed by atoms with Gasteiger partial charge in [0.15, 0.2) is 0 Å². The number of nitrogens with one attached hydrogen (secondary N) is 1. The van der Waals surface area contributed by atoms with Crippen molar-refractivity contribution in [3.05, 3.63) is 32.9 Å². The van der Waals surface area contributed by atoms with E-state index in [1.807, 2.05) is 0 Å². The van der Waals surface area contributed by atoms with Gasteiger partial charge in [0.1, 0.15) is 12.7 Å². The lowest BCUT2D eigenvalue weighted by molar-refractivity contribution is 0.107. The largest absolute Gasteiger partial charge is 0.447 e. The van der Waals surface area contributed by atoms with Gasteiger partial charge in [-0.25, -0.2) is 4.79 Å². The number of methoxy groups -OCH3 is 1. The van der Waals surface area contributed by atoms with Crippen LogP contribution in [0.15, 0.2) is 16.5 Å². The van der Waals surface area contributed by atoms with E-state index >= 15 is 0 Å². The normalized spacial score (nSPS) is 10.3. The maximum absolute atomic E-state index is 11.6. The Morgan fingerprint density at radius 3 is 2.79 bits per heavy atom. The van der Waals surface area contributed by atoms with E-state index < -0.39 is 6.09 Å². The number of nitrogens with zero attached hydrogens (tertiary/aromatic N) is 2. The van der Waals surface area contributed by atoms with Crippen molar-refractivity contribution in [2.75, 3.05) is 25.6 Å². The molecule has 10 heteroatoms. The lowest BCUT2D eigenvalue weighted by atomic mass is 10.2. The van der Waals surface area contributed by atoms with Crippen molar-refractivity contribution in [2.24, 2.45) is 0 Å². The van der Waals surface area contributed by atoms with Crippen LogP contribution in [0.5, 0.6) is 0 Å². The first kappa shape index (κ1) is 18.4. The monoisotopic (exact) mass is 389 g/mol. The van der Waals surface area contributed by atoms with Gasteiger partial charge in [0.05, 0.1) is 22.2 Å². The van der Waals surface area contributed by atoms with Gasteiger partial charge in [0.25, 0.3) is 0 Å². The number of nitriles is 1. The Labute approximate surface area is 152 Å². The average Bonchev–Trinajstić information content (AvgIpc) is 2.93. The van der Waals surface area contributed by atoms with Crippen LogP contribution in [0.3, 0.4) is 0 Å². The Hall–Kier alpha value is -1.98. The summed E-state index contributed by atoms with van der Waals surface area (Å²) < 4.78 is 15.0. The molecule has 1 amide bonds. The lowest BCUT2D eigenvalue weighted by Gasteiger charge is -2.04. The fraction of sp³-hybridized carbons (Fsp3) is 0.214. The molecule has 0 aliphatic carbocycles. The lowest BCUT2D eigenvalue weighted by Crippen LogP contribution is -2.16. The molecule has 1 aromatic carbocycles. The van der Waals surface area contributed by atoms with E-state index in [4.69, 9.17) is 54.0 Å². The van der Waals surface area contributed by atoms with Gasteiger partial charge in [-0.05, 0) is 12.1 Å². The minimum atomic E-state index is -0.818. The molecule has 0 saturated carbocycles. The van der Waals surface area contributed by atoms with Crippen molar-refractivity contribution in [2.45, 2.75) is 0 Å². The smallest absolute Gasteiger partial charge is 0.414 e. The second-order valence-electron chi connectivity index (χ2n) is 4.31. The number of hydrogen-bond donors (Lipinski definition) is 1. The summed E-state index contributed by atoms with van der Waals surface area (Å²) in [6, 6.07) is 4.73. The Morgan fingerprint density at radius 2 is 2.12 bits per heavy atom. The van der Waals surface area contributed by atoms with Crippen molar-refractivity contribution in [1.82, 2.24) is 4.98 Å². The molecule has 0 aliphatic rings. The molecule has 0 aliphatic heterocycles. The first-order valence-electron chi connectivity index (χ1n) is 6.44. The van der Waals surface area contributed by atoms with E-state index in [9.17, 15) is 4.79 Å². The molecular formula is C14H10Cl3N3O4. The third kappa shape index (κ3) is 4.30. The Bertz CT molecular complexity index is 801. The average molecular weight is 391 g/mol. The molecule has 0 unspecified atom stereocenters. The number of hydrogen-bond acceptors (Lipinski definition) is 6. The minimum Gasteiger partial charge on any atom is -0.447 e. The molecule has 1 heterocycles. The zero-order valence-corrected chi connectivity index (χ0v) is 14.5. The van der Waals surface area contributed by atoms with Crippen molar-refractivity contribution < 1.29 is 18.7 Å². The quantitative estimate of drug-likeness (QED) is 0.601. The third-order valence-corrected chi connectivity index (χ3v) is 3.71. The second-order valence-corrected chi connectivity index (χ2v) is 5.53. The van der Waals surface area contributed by atoms with Crippen LogP contribution in [0.2, 0.25) is 15.1 Å². The number of halogens is 3. The zero-order chi connectivity index (χ0) is 17.7. The summed E-state index contributed by atoms with van der Waals surface area (Å²) in [4.78, 5) is 15.6. The molecular weight excluding hydrogens is 381 g/mol. The van der Waals surface area contributed by atoms with Gasteiger partial charge in [0.2, 0.25) is 17.5 Å². The van der Waals surface area contributed by atoms with Crippen LogP contribution < -0.4 is 5.32 Å². The number of rotatable bonds is 5. The van der Waals surface area contributed by atoms with Gasteiger partial charge >= 0.3 is 6.09 Å². The number of carbonyl (C=O) groups excluding carboxylic acids is 1. The Balaban J connectivity index is 2.28. The van der Waals surface area contributed by atoms with Crippen molar-refractivity contribution >= 4 is 46.8 Å². The topological polar surface area (TPSA) is 97.4 Å². The van der Waals surface area contributed by atoms with E-state index in [0.717, 1.165) is 0 Å². The molecule has 0 spiro atoms. The molecule has 2 rings (SSSR count). The van der Waals surface area contributed by atoms with Crippen LogP contribution >= 0.6 is 34.8 Å². The van der Waals surface area contributed by atoms with Gasteiger partial charge < -0.3 is 13.9 Å². The fourth-order valence-electron chi connectivity index (χ4n) is 1.65. The first-order valence-corrected chi connectivity index (χ1v) is 7.58. The summed E-state index contributed by atoms with van der Waals surface area (Å²) in [6.45, 7) is 0.276. The van der Waals surface area contributed by atoms with Crippen LogP contribution in [0.1, 0.15) is 5.69 Å². The molecule has 7 nitrogen and oxygen atoms in total. The number of amides is 1. The molecule has 24 heavy (non-hydrogen) atoms. The maximum atomic E-state index is 11.6. The highest BCUT2D eigenvalue weighted by molar-refractivity contribution is 6.44. The molecule has 0 fully saturated rings. The van der Waals surface area contributed by atoms with E-state index in [-0.39, 0.29) is 46.3 Å². The molecule has 2 aromatic rings. The van der Waals surface area contributed by atoms with Crippen LogP contribution in [-0.2, 0) is 9.47 Å². The van der Waals surface area contributed by atoms with Crippen molar-refractivity contribution in [3.63, 3.8) is 0 Å². The fourth-order valence-corrected chi connectivity index (χ4v) is 2.34. The van der Waals surface area contributed by atoms with Gasteiger partial charge in [-0.3, -0.25) is 5.32 Å². The van der Waals surface area contributed by atoms with Gasteiger partial charge in [-0.2, -0.15) is 10.2 Å². The predicted molar refractivity (Wildman–Crippen MR) is 88.5 cm³/mol. The van der Waals surface area contributed by atoms with Crippen molar-refractivity contribution in [3.8, 4) is 17.5 Å². The van der Waals surface area contributed by atoms with Gasteiger partial charge in [0, 0.05) is 12.1 Å². The van der Waals surface area contributed by atoms with Crippen LogP contribution in [0, 0.1) is 11.3 Å². The summed E-state index contributed by atoms with van der Waals surface area (Å²) in [7, 11) is 1.47. The predicted octanol–water partition coefficient (Wildman–Crippen LogP) is 4.37. The SMILES string of the molecule is COCCOC(=O)Nc1oc(-c2cc(Cl)cc(Cl)c2Cl)nc1C#N. The number of benzene rings is 1. The van der Waals surface area contributed by atoms with E-state index in [1.54, 1.807) is 6.07 Å². The molecule has 1 aromatic heterocycles. The molecule has 126 valence electrons. The highest BCUT2D eigenvalue weighted by Crippen LogP contribution is 2.37. The maximum Gasteiger partial charge on any atom is 0.414 e. The second kappa shape index (κ2) is 8.22. The van der Waals surface area contributed by atoms with Gasteiger partial charge in [-0.15, -0.1) is 0 Å². The summed E-state index contributed by atoms with van der Waals surface area (Å²) in [5, 5.41) is 12.1. The van der Waals surface area contributed by atoms with Crippen molar-refractivity contribution in [1.29, 1.82) is 5.26 Å². The highest BCUT2D eigenvalue weighted by Gasteiger charge is 2.20. The Morgan fingerprint density at radius 1 is 1.38 bits per heavy atom. The zero-order valence-electron chi connectivity index (χ0n) is 12.2. The molecule has 0 atom stereocenters. The number of ether oxygens (including phenoxy) is 2. The molecule has 0 radical (unpaired) electrons.